The summed E-state index contributed by atoms with van der Waals surface area (Å²) in [6.07, 6.45) is 1.52. The van der Waals surface area contributed by atoms with Crippen LogP contribution in [0.15, 0.2) is 45.8 Å². The maximum atomic E-state index is 11.6. The summed E-state index contributed by atoms with van der Waals surface area (Å²) in [4.78, 5) is 11.6. The molecular formula is C10H7BrN2O. The average Bonchev–Trinajstić information content (AvgIpc) is 2.23. The molecule has 0 bridgehead atoms. The number of H-pyrrole nitrogens is 1. The Morgan fingerprint density at radius 2 is 1.93 bits per heavy atom. The lowest BCUT2D eigenvalue weighted by Crippen LogP contribution is -2.08. The molecule has 0 fully saturated rings. The lowest BCUT2D eigenvalue weighted by molar-refractivity contribution is 1.02. The smallest absolute Gasteiger partial charge is 0.222 e. The molecule has 0 atom stereocenters. The van der Waals surface area contributed by atoms with E-state index in [1.54, 1.807) is 0 Å². The number of aromatic nitrogens is 2. The van der Waals surface area contributed by atoms with E-state index in [0.717, 1.165) is 5.56 Å². The molecule has 0 unspecified atom stereocenters. The summed E-state index contributed by atoms with van der Waals surface area (Å²) in [6, 6.07) is 9.35. The largest absolute Gasteiger partial charge is 0.286 e. The van der Waals surface area contributed by atoms with Crippen LogP contribution in [0, 0.1) is 0 Å². The van der Waals surface area contributed by atoms with Crippen molar-refractivity contribution in [2.45, 2.75) is 0 Å². The number of halogens is 1. The Hall–Kier alpha value is -1.42. The first-order chi connectivity index (χ1) is 6.79. The first kappa shape index (κ1) is 9.15. The Morgan fingerprint density at radius 3 is 2.64 bits per heavy atom. The van der Waals surface area contributed by atoms with Crippen LogP contribution in [0.25, 0.3) is 11.3 Å². The lowest BCUT2D eigenvalue weighted by Gasteiger charge is -1.98. The highest BCUT2D eigenvalue weighted by Crippen LogP contribution is 2.12. The van der Waals surface area contributed by atoms with Gasteiger partial charge in [0.2, 0.25) is 5.43 Å². The fourth-order valence-corrected chi connectivity index (χ4v) is 1.46. The van der Waals surface area contributed by atoms with E-state index in [1.165, 1.54) is 6.20 Å². The molecule has 0 aliphatic heterocycles. The third-order valence-corrected chi connectivity index (χ3v) is 2.44. The maximum Gasteiger partial charge on any atom is 0.222 e. The number of hydrogen-bond acceptors (Lipinski definition) is 2. The average molecular weight is 251 g/mol. The minimum Gasteiger partial charge on any atom is -0.286 e. The van der Waals surface area contributed by atoms with Gasteiger partial charge in [0.15, 0.2) is 0 Å². The quantitative estimate of drug-likeness (QED) is 0.844. The van der Waals surface area contributed by atoms with Crippen molar-refractivity contribution in [1.82, 2.24) is 10.2 Å². The van der Waals surface area contributed by atoms with Gasteiger partial charge in [-0.25, -0.2) is 0 Å². The second kappa shape index (κ2) is 3.75. The summed E-state index contributed by atoms with van der Waals surface area (Å²) in [5, 5.41) is 6.61. The van der Waals surface area contributed by atoms with Crippen molar-refractivity contribution in [3.8, 4) is 11.3 Å². The van der Waals surface area contributed by atoms with Gasteiger partial charge in [0.05, 0.1) is 4.47 Å². The van der Waals surface area contributed by atoms with Gasteiger partial charge in [-0.05, 0) is 15.9 Å². The minimum atomic E-state index is -0.102. The van der Waals surface area contributed by atoms with Crippen LogP contribution < -0.4 is 5.43 Å². The summed E-state index contributed by atoms with van der Waals surface area (Å²) in [5.41, 5.74) is 1.14. The van der Waals surface area contributed by atoms with Gasteiger partial charge in [-0.15, -0.1) is 0 Å². The third kappa shape index (κ3) is 1.61. The highest BCUT2D eigenvalue weighted by Gasteiger charge is 2.06. The zero-order chi connectivity index (χ0) is 9.97. The fourth-order valence-electron chi connectivity index (χ4n) is 1.17. The van der Waals surface area contributed by atoms with E-state index in [0.29, 0.717) is 10.2 Å². The molecule has 0 aliphatic carbocycles. The number of nitrogens with zero attached hydrogens (tertiary/aromatic N) is 1. The first-order valence-electron chi connectivity index (χ1n) is 4.08. The Balaban J connectivity index is 2.64. The third-order valence-electron chi connectivity index (χ3n) is 1.85. The van der Waals surface area contributed by atoms with Crippen molar-refractivity contribution in [2.24, 2.45) is 0 Å². The van der Waals surface area contributed by atoms with Crippen LogP contribution in [-0.2, 0) is 0 Å². The van der Waals surface area contributed by atoms with Gasteiger partial charge >= 0.3 is 0 Å². The van der Waals surface area contributed by atoms with E-state index in [2.05, 4.69) is 26.1 Å². The molecule has 1 N–H and O–H groups in total. The second-order valence-corrected chi connectivity index (χ2v) is 3.63. The highest BCUT2D eigenvalue weighted by molar-refractivity contribution is 9.10. The van der Waals surface area contributed by atoms with Gasteiger partial charge in [-0.1, -0.05) is 30.3 Å². The van der Waals surface area contributed by atoms with E-state index < -0.39 is 0 Å². The van der Waals surface area contributed by atoms with E-state index in [1.807, 2.05) is 30.3 Å². The zero-order valence-electron chi connectivity index (χ0n) is 7.20. The van der Waals surface area contributed by atoms with Crippen LogP contribution in [0.5, 0.6) is 0 Å². The van der Waals surface area contributed by atoms with Gasteiger partial charge in [0.1, 0.15) is 5.69 Å². The summed E-state index contributed by atoms with van der Waals surface area (Å²) < 4.78 is 0.492. The number of aromatic amines is 1. The molecule has 0 aliphatic rings. The molecule has 70 valence electrons. The molecule has 1 aromatic heterocycles. The zero-order valence-corrected chi connectivity index (χ0v) is 8.78. The van der Waals surface area contributed by atoms with Crippen molar-refractivity contribution in [3.63, 3.8) is 0 Å². The molecule has 3 nitrogen and oxygen atoms in total. The first-order valence-corrected chi connectivity index (χ1v) is 4.87. The Bertz CT molecular complexity index is 493. The van der Waals surface area contributed by atoms with Crippen molar-refractivity contribution in [3.05, 3.63) is 51.2 Å². The summed E-state index contributed by atoms with van der Waals surface area (Å²) in [5.74, 6) is 0. The predicted molar refractivity (Wildman–Crippen MR) is 58.0 cm³/mol. The normalized spacial score (nSPS) is 10.1. The van der Waals surface area contributed by atoms with Crippen molar-refractivity contribution in [1.29, 1.82) is 0 Å². The highest BCUT2D eigenvalue weighted by atomic mass is 79.9. The number of benzene rings is 1. The molecular weight excluding hydrogens is 244 g/mol. The van der Waals surface area contributed by atoms with E-state index >= 15 is 0 Å². The fraction of sp³-hybridized carbons (Fsp3) is 0. The van der Waals surface area contributed by atoms with Crippen LogP contribution in [-0.4, -0.2) is 10.2 Å². The van der Waals surface area contributed by atoms with Crippen LogP contribution >= 0.6 is 15.9 Å². The topological polar surface area (TPSA) is 45.8 Å². The molecule has 2 rings (SSSR count). The molecule has 0 saturated carbocycles. The molecule has 0 amide bonds. The number of hydrogen-bond donors (Lipinski definition) is 1. The van der Waals surface area contributed by atoms with Gasteiger partial charge in [-0.3, -0.25) is 9.89 Å². The Kier molecular flexibility index (Phi) is 2.45. The lowest BCUT2D eigenvalue weighted by atomic mass is 10.1. The minimum absolute atomic E-state index is 0.102. The summed E-state index contributed by atoms with van der Waals surface area (Å²) in [7, 11) is 0. The standard InChI is InChI=1S/C10H7BrN2O/c11-8-6-12-13-9(10(8)14)7-4-2-1-3-5-7/h1-6H,(H,12,14). The van der Waals surface area contributed by atoms with E-state index in [4.69, 9.17) is 0 Å². The van der Waals surface area contributed by atoms with Gasteiger partial charge in [0, 0.05) is 11.8 Å². The number of rotatable bonds is 1. The van der Waals surface area contributed by atoms with Gasteiger partial charge < -0.3 is 0 Å². The predicted octanol–water partition coefficient (Wildman–Crippen LogP) is 2.20. The van der Waals surface area contributed by atoms with Crippen LogP contribution in [0.1, 0.15) is 0 Å². The maximum absolute atomic E-state index is 11.6. The molecule has 0 saturated heterocycles. The molecule has 1 aromatic carbocycles. The summed E-state index contributed by atoms with van der Waals surface area (Å²) in [6.45, 7) is 0. The van der Waals surface area contributed by atoms with Crippen LogP contribution in [0.4, 0.5) is 0 Å². The molecule has 0 radical (unpaired) electrons. The van der Waals surface area contributed by atoms with E-state index in [-0.39, 0.29) is 5.43 Å². The van der Waals surface area contributed by atoms with Gasteiger partial charge in [-0.2, -0.15) is 5.10 Å². The molecule has 14 heavy (non-hydrogen) atoms. The van der Waals surface area contributed by atoms with E-state index in [9.17, 15) is 4.79 Å². The van der Waals surface area contributed by atoms with Crippen LogP contribution in [0.2, 0.25) is 0 Å². The number of nitrogens with one attached hydrogen (secondary N) is 1. The molecule has 0 spiro atoms. The SMILES string of the molecule is O=c1c(Br)c[nH]nc1-c1ccccc1. The molecule has 1 heterocycles. The van der Waals surface area contributed by atoms with Crippen molar-refractivity contribution in [2.75, 3.05) is 0 Å². The Morgan fingerprint density at radius 1 is 1.21 bits per heavy atom. The van der Waals surface area contributed by atoms with Gasteiger partial charge in [0.25, 0.3) is 0 Å². The van der Waals surface area contributed by atoms with Crippen LogP contribution in [0.3, 0.4) is 0 Å². The van der Waals surface area contributed by atoms with Crippen molar-refractivity contribution < 1.29 is 0 Å². The Labute approximate surface area is 88.9 Å². The second-order valence-electron chi connectivity index (χ2n) is 2.78. The monoisotopic (exact) mass is 250 g/mol. The summed E-state index contributed by atoms with van der Waals surface area (Å²) >= 11 is 3.16. The van der Waals surface area contributed by atoms with Crippen molar-refractivity contribution >= 4 is 15.9 Å². The molecule has 2 aromatic rings. The molecule has 4 heteroatoms.